The Bertz CT molecular complexity index is 278. The van der Waals surface area contributed by atoms with E-state index in [1.165, 1.54) is 38.5 Å². The van der Waals surface area contributed by atoms with Gasteiger partial charge in [0.1, 0.15) is 19.1 Å². The third-order valence-corrected chi connectivity index (χ3v) is 3.10. The lowest BCUT2D eigenvalue weighted by molar-refractivity contribution is -0.695. The number of aromatic nitrogens is 2. The number of nitrogens with two attached hydrogens (primary N) is 1. The molecule has 0 aromatic carbocycles. The van der Waals surface area contributed by atoms with E-state index in [9.17, 15) is 0 Å². The average Bonchev–Trinajstić information content (AvgIpc) is 2.76. The van der Waals surface area contributed by atoms with Gasteiger partial charge in [-0.05, 0) is 25.0 Å². The average molecular weight is 322 g/mol. The Balaban J connectivity index is 0.00000256. The fraction of sp³-hybridized carbons (Fsp3) is 0.750. The predicted octanol–water partition coefficient (Wildman–Crippen LogP) is -1.03. The fourth-order valence-electron chi connectivity index (χ4n) is 1.79. The summed E-state index contributed by atoms with van der Waals surface area (Å²) in [5.74, 6) is 1.03. The van der Waals surface area contributed by atoms with Crippen LogP contribution in [-0.4, -0.2) is 10.3 Å². The highest BCUT2D eigenvalue weighted by molar-refractivity contribution is 7.80. The van der Waals surface area contributed by atoms with Gasteiger partial charge in [0.05, 0.1) is 6.54 Å². The summed E-state index contributed by atoms with van der Waals surface area (Å²) in [6, 6.07) is 0. The first-order valence-electron chi connectivity index (χ1n) is 6.22. The maximum Gasteiger partial charge on any atom is 0.244 e. The van der Waals surface area contributed by atoms with Crippen molar-refractivity contribution in [3.8, 4) is 0 Å². The van der Waals surface area contributed by atoms with Crippen LogP contribution in [0.2, 0.25) is 0 Å². The van der Waals surface area contributed by atoms with Crippen LogP contribution in [0.4, 0.5) is 0 Å². The summed E-state index contributed by atoms with van der Waals surface area (Å²) in [6.07, 6.45) is 14.1. The molecule has 0 unspecified atom stereocenters. The van der Waals surface area contributed by atoms with Crippen LogP contribution in [-0.2, 0) is 13.2 Å². The standard InChI is InChI=1S/C12H23N3S.BrH/c13-11-15-9-8-14(12-15)7-5-3-1-2-4-6-10-16;/h8-9,12H,1-7,10-11,13H2;1H. The van der Waals surface area contributed by atoms with Gasteiger partial charge in [0.2, 0.25) is 6.33 Å². The number of unbranched alkanes of at least 4 members (excludes halogenated alkanes) is 5. The number of hydrogen-bond acceptors (Lipinski definition) is 2. The first-order valence-corrected chi connectivity index (χ1v) is 6.86. The Kier molecular flexibility index (Phi) is 11.1. The van der Waals surface area contributed by atoms with E-state index in [0.29, 0.717) is 6.67 Å². The van der Waals surface area contributed by atoms with Crippen LogP contribution in [0.5, 0.6) is 0 Å². The molecule has 1 heterocycles. The zero-order valence-electron chi connectivity index (χ0n) is 10.4. The number of imidazole rings is 1. The Morgan fingerprint density at radius 1 is 1.06 bits per heavy atom. The van der Waals surface area contributed by atoms with Gasteiger partial charge in [0, 0.05) is 0 Å². The fourth-order valence-corrected chi connectivity index (χ4v) is 2.02. The van der Waals surface area contributed by atoms with Crippen LogP contribution >= 0.6 is 12.6 Å². The number of aryl methyl sites for hydroxylation is 1. The molecule has 0 aliphatic heterocycles. The Labute approximate surface area is 121 Å². The molecule has 17 heavy (non-hydrogen) atoms. The van der Waals surface area contributed by atoms with Crippen LogP contribution < -0.4 is 27.3 Å². The van der Waals surface area contributed by atoms with Crippen molar-refractivity contribution >= 4 is 12.6 Å². The van der Waals surface area contributed by atoms with E-state index in [1.807, 2.05) is 10.8 Å². The Hall–Kier alpha value is 0. The van der Waals surface area contributed by atoms with Crippen molar-refractivity contribution in [2.24, 2.45) is 5.73 Å². The number of nitrogens with zero attached hydrogens (tertiary/aromatic N) is 2. The maximum atomic E-state index is 5.53. The Morgan fingerprint density at radius 2 is 1.71 bits per heavy atom. The summed E-state index contributed by atoms with van der Waals surface area (Å²) in [5.41, 5.74) is 5.53. The first kappa shape index (κ1) is 17.0. The SMILES string of the molecule is NC[n+]1ccn(CCCCCCCCS)c1.[Br-]. The van der Waals surface area contributed by atoms with Crippen molar-refractivity contribution in [1.82, 2.24) is 4.57 Å². The largest absolute Gasteiger partial charge is 1.00 e. The summed E-state index contributed by atoms with van der Waals surface area (Å²) in [6.45, 7) is 1.68. The molecule has 0 radical (unpaired) electrons. The van der Waals surface area contributed by atoms with Crippen molar-refractivity contribution in [2.45, 2.75) is 51.7 Å². The number of thiol groups is 1. The monoisotopic (exact) mass is 321 g/mol. The molecular weight excluding hydrogens is 298 g/mol. The Morgan fingerprint density at radius 3 is 2.29 bits per heavy atom. The van der Waals surface area contributed by atoms with Crippen molar-refractivity contribution in [1.29, 1.82) is 0 Å². The molecule has 5 heteroatoms. The highest BCUT2D eigenvalue weighted by Crippen LogP contribution is 2.06. The smallest absolute Gasteiger partial charge is 0.244 e. The van der Waals surface area contributed by atoms with Crippen molar-refractivity contribution in [2.75, 3.05) is 5.75 Å². The van der Waals surface area contributed by atoms with Gasteiger partial charge in [0.15, 0.2) is 0 Å². The lowest BCUT2D eigenvalue weighted by atomic mass is 10.1. The molecule has 2 N–H and O–H groups in total. The van der Waals surface area contributed by atoms with Crippen molar-refractivity contribution < 1.29 is 21.5 Å². The van der Waals surface area contributed by atoms with E-state index in [2.05, 4.69) is 29.7 Å². The quantitative estimate of drug-likeness (QED) is 0.340. The second-order valence-corrected chi connectivity index (χ2v) is 4.64. The number of halogens is 1. The van der Waals surface area contributed by atoms with Crippen molar-refractivity contribution in [3.05, 3.63) is 18.7 Å². The molecule has 0 saturated heterocycles. The molecule has 0 amide bonds. The molecule has 1 aromatic rings. The van der Waals surface area contributed by atoms with E-state index in [4.69, 9.17) is 5.73 Å². The predicted molar refractivity (Wildman–Crippen MR) is 70.4 cm³/mol. The number of hydrogen-bond donors (Lipinski definition) is 2. The minimum atomic E-state index is 0. The first-order chi connectivity index (χ1) is 7.86. The van der Waals surface area contributed by atoms with Gasteiger partial charge in [-0.25, -0.2) is 9.13 Å². The van der Waals surface area contributed by atoms with Gasteiger partial charge < -0.3 is 17.0 Å². The molecule has 0 spiro atoms. The topological polar surface area (TPSA) is 34.8 Å². The van der Waals surface area contributed by atoms with E-state index in [1.54, 1.807) is 0 Å². The van der Waals surface area contributed by atoms with Crippen LogP contribution in [0.15, 0.2) is 18.7 Å². The normalized spacial score (nSPS) is 10.2. The summed E-state index contributed by atoms with van der Waals surface area (Å²) in [7, 11) is 0. The van der Waals surface area contributed by atoms with E-state index in [-0.39, 0.29) is 17.0 Å². The highest BCUT2D eigenvalue weighted by Gasteiger charge is 2.00. The number of rotatable bonds is 9. The zero-order valence-corrected chi connectivity index (χ0v) is 12.9. The van der Waals surface area contributed by atoms with E-state index in [0.717, 1.165) is 12.3 Å². The molecule has 100 valence electrons. The molecule has 0 atom stereocenters. The van der Waals surface area contributed by atoms with E-state index < -0.39 is 0 Å². The molecule has 1 aromatic heterocycles. The zero-order chi connectivity index (χ0) is 11.6. The van der Waals surface area contributed by atoms with Gasteiger partial charge >= 0.3 is 0 Å². The van der Waals surface area contributed by atoms with Crippen LogP contribution in [0.3, 0.4) is 0 Å². The van der Waals surface area contributed by atoms with Crippen molar-refractivity contribution in [3.63, 3.8) is 0 Å². The summed E-state index contributed by atoms with van der Waals surface area (Å²) in [4.78, 5) is 0. The van der Waals surface area contributed by atoms with Gasteiger partial charge in [-0.2, -0.15) is 12.6 Å². The van der Waals surface area contributed by atoms with Crippen LogP contribution in [0.25, 0.3) is 0 Å². The third kappa shape index (κ3) is 7.84. The molecule has 0 fully saturated rings. The second-order valence-electron chi connectivity index (χ2n) is 4.19. The second kappa shape index (κ2) is 11.1. The maximum absolute atomic E-state index is 5.53. The minimum absolute atomic E-state index is 0. The lowest BCUT2D eigenvalue weighted by Crippen LogP contribution is -3.00. The molecule has 0 saturated carbocycles. The molecule has 0 aliphatic carbocycles. The van der Waals surface area contributed by atoms with Gasteiger partial charge in [-0.15, -0.1) is 0 Å². The molecule has 3 nitrogen and oxygen atoms in total. The molecule has 1 rings (SSSR count). The van der Waals surface area contributed by atoms with E-state index >= 15 is 0 Å². The van der Waals surface area contributed by atoms with Gasteiger partial charge in [0.25, 0.3) is 0 Å². The summed E-state index contributed by atoms with van der Waals surface area (Å²) in [5, 5.41) is 0. The molecule has 0 aliphatic rings. The molecular formula is C12H24BrN3S. The van der Waals surface area contributed by atoms with Crippen LogP contribution in [0.1, 0.15) is 38.5 Å². The van der Waals surface area contributed by atoms with Gasteiger partial charge in [-0.3, -0.25) is 5.73 Å². The third-order valence-electron chi connectivity index (χ3n) is 2.78. The minimum Gasteiger partial charge on any atom is -1.00 e. The van der Waals surface area contributed by atoms with Gasteiger partial charge in [-0.1, -0.05) is 19.3 Å². The highest BCUT2D eigenvalue weighted by atomic mass is 79.9. The lowest BCUT2D eigenvalue weighted by Gasteiger charge is -1.99. The summed E-state index contributed by atoms with van der Waals surface area (Å²) < 4.78 is 4.20. The molecule has 0 bridgehead atoms. The summed E-state index contributed by atoms with van der Waals surface area (Å²) >= 11 is 4.21. The van der Waals surface area contributed by atoms with Crippen LogP contribution in [0, 0.1) is 0 Å².